The second-order valence-corrected chi connectivity index (χ2v) is 11.4. The molecule has 1 aliphatic rings. The Kier molecular flexibility index (Phi) is 8.19. The molecular formula is C31H28ClFN2O4S. The van der Waals surface area contributed by atoms with Gasteiger partial charge in [0.25, 0.3) is 5.91 Å². The molecule has 40 heavy (non-hydrogen) atoms. The molecule has 206 valence electrons. The quantitative estimate of drug-likeness (QED) is 0.236. The number of carbonyl (C=O) groups excluding carboxylic acids is 2. The molecule has 1 fully saturated rings. The van der Waals surface area contributed by atoms with Crippen molar-refractivity contribution < 1.29 is 23.9 Å². The summed E-state index contributed by atoms with van der Waals surface area (Å²) in [6.07, 6.45) is 0.818. The van der Waals surface area contributed by atoms with Gasteiger partial charge in [0.1, 0.15) is 11.4 Å². The second kappa shape index (κ2) is 11.8. The second-order valence-electron chi connectivity index (χ2n) is 10.0. The van der Waals surface area contributed by atoms with E-state index in [1.165, 1.54) is 23.5 Å². The number of carboxylic acids is 1. The summed E-state index contributed by atoms with van der Waals surface area (Å²) in [7, 11) is 0. The van der Waals surface area contributed by atoms with Crippen LogP contribution in [-0.4, -0.2) is 51.3 Å². The van der Waals surface area contributed by atoms with Crippen molar-refractivity contribution in [2.24, 2.45) is 0 Å². The van der Waals surface area contributed by atoms with Crippen LogP contribution in [0, 0.1) is 5.82 Å². The first-order valence-corrected chi connectivity index (χ1v) is 14.3. The third-order valence-corrected chi connectivity index (χ3v) is 8.60. The van der Waals surface area contributed by atoms with E-state index >= 15 is 0 Å². The lowest BCUT2D eigenvalue weighted by Crippen LogP contribution is -2.70. The summed E-state index contributed by atoms with van der Waals surface area (Å²) in [6.45, 7) is 0.815. The number of benzene rings is 3. The van der Waals surface area contributed by atoms with E-state index in [4.69, 9.17) is 11.6 Å². The summed E-state index contributed by atoms with van der Waals surface area (Å²) >= 11 is 7.69. The Bertz CT molecular complexity index is 1560. The number of halogens is 2. The maximum Gasteiger partial charge on any atom is 0.303 e. The molecule has 4 aromatic rings. The normalized spacial score (nSPS) is 16.5. The van der Waals surface area contributed by atoms with Crippen molar-refractivity contribution in [1.82, 2.24) is 9.80 Å². The van der Waals surface area contributed by atoms with Crippen LogP contribution in [0.4, 0.5) is 4.39 Å². The van der Waals surface area contributed by atoms with Crippen LogP contribution in [0.2, 0.25) is 5.02 Å². The van der Waals surface area contributed by atoms with E-state index in [0.29, 0.717) is 23.6 Å². The van der Waals surface area contributed by atoms with Gasteiger partial charge in [0, 0.05) is 53.0 Å². The third-order valence-electron chi connectivity index (χ3n) is 7.40. The van der Waals surface area contributed by atoms with Crippen LogP contribution < -0.4 is 0 Å². The maximum atomic E-state index is 14.5. The molecule has 1 unspecified atom stereocenters. The molecule has 1 aliphatic heterocycles. The van der Waals surface area contributed by atoms with Gasteiger partial charge in [-0.05, 0) is 54.3 Å². The SMILES string of the molecule is O=C(O)CCCN(Cc1cccc(Cl)c1)C(=O)C1(Cc2ccc(F)cc2)CCN1C(=O)c1csc2ccccc12. The third kappa shape index (κ3) is 5.74. The van der Waals surface area contributed by atoms with Gasteiger partial charge in [-0.15, -0.1) is 11.3 Å². The molecule has 0 bridgehead atoms. The predicted octanol–water partition coefficient (Wildman–Crippen LogP) is 6.41. The highest BCUT2D eigenvalue weighted by Crippen LogP contribution is 2.40. The molecule has 2 heterocycles. The van der Waals surface area contributed by atoms with E-state index in [-0.39, 0.29) is 50.0 Å². The smallest absolute Gasteiger partial charge is 0.303 e. The van der Waals surface area contributed by atoms with Crippen LogP contribution >= 0.6 is 22.9 Å². The minimum Gasteiger partial charge on any atom is -0.481 e. The zero-order valence-electron chi connectivity index (χ0n) is 21.7. The van der Waals surface area contributed by atoms with Crippen LogP contribution in [0.3, 0.4) is 0 Å². The topological polar surface area (TPSA) is 77.9 Å². The number of hydrogen-bond acceptors (Lipinski definition) is 4. The highest BCUT2D eigenvalue weighted by atomic mass is 35.5. The fourth-order valence-electron chi connectivity index (χ4n) is 5.32. The van der Waals surface area contributed by atoms with Crippen LogP contribution in [0.15, 0.2) is 78.2 Å². The van der Waals surface area contributed by atoms with E-state index in [1.54, 1.807) is 40.1 Å². The number of carboxylic acid groups (broad SMARTS) is 1. The molecular weight excluding hydrogens is 551 g/mol. The van der Waals surface area contributed by atoms with E-state index < -0.39 is 11.5 Å². The minimum atomic E-state index is -1.19. The van der Waals surface area contributed by atoms with Crippen molar-refractivity contribution in [2.75, 3.05) is 13.1 Å². The molecule has 3 aromatic carbocycles. The van der Waals surface area contributed by atoms with Gasteiger partial charge in [0.15, 0.2) is 0 Å². The summed E-state index contributed by atoms with van der Waals surface area (Å²) < 4.78 is 14.7. The van der Waals surface area contributed by atoms with Crippen molar-refractivity contribution in [3.05, 3.63) is 106 Å². The molecule has 0 aliphatic carbocycles. The van der Waals surface area contributed by atoms with Crippen molar-refractivity contribution in [3.8, 4) is 0 Å². The zero-order chi connectivity index (χ0) is 28.3. The number of likely N-dealkylation sites (tertiary alicyclic amines) is 1. The Morgan fingerprint density at radius 2 is 1.80 bits per heavy atom. The first-order valence-electron chi connectivity index (χ1n) is 13.0. The molecule has 6 nitrogen and oxygen atoms in total. The molecule has 1 aromatic heterocycles. The number of amides is 2. The lowest BCUT2D eigenvalue weighted by atomic mass is 9.77. The van der Waals surface area contributed by atoms with Crippen LogP contribution in [0.1, 0.15) is 40.7 Å². The summed E-state index contributed by atoms with van der Waals surface area (Å²) in [5.74, 6) is -1.82. The average Bonchev–Trinajstić information content (AvgIpc) is 3.35. The van der Waals surface area contributed by atoms with Crippen molar-refractivity contribution >= 4 is 50.8 Å². The Balaban J connectivity index is 1.52. The number of rotatable bonds is 10. The fraction of sp³-hybridized carbons (Fsp3) is 0.258. The number of carbonyl (C=O) groups is 3. The van der Waals surface area contributed by atoms with E-state index in [1.807, 2.05) is 35.7 Å². The summed E-state index contributed by atoms with van der Waals surface area (Å²) in [5.41, 5.74) is 0.883. The largest absolute Gasteiger partial charge is 0.481 e. The van der Waals surface area contributed by atoms with Crippen LogP contribution in [0.25, 0.3) is 10.1 Å². The van der Waals surface area contributed by atoms with E-state index in [0.717, 1.165) is 21.2 Å². The van der Waals surface area contributed by atoms with Gasteiger partial charge in [-0.25, -0.2) is 4.39 Å². The molecule has 1 N–H and O–H groups in total. The maximum absolute atomic E-state index is 14.5. The summed E-state index contributed by atoms with van der Waals surface area (Å²) in [6, 6.07) is 20.8. The summed E-state index contributed by atoms with van der Waals surface area (Å²) in [5, 5.41) is 12.4. The molecule has 0 spiro atoms. The van der Waals surface area contributed by atoms with Crippen LogP contribution in [0.5, 0.6) is 0 Å². The average molecular weight is 579 g/mol. The number of aliphatic carboxylic acids is 1. The highest BCUT2D eigenvalue weighted by Gasteiger charge is 2.55. The molecule has 1 saturated heterocycles. The number of fused-ring (bicyclic) bond motifs is 1. The van der Waals surface area contributed by atoms with Crippen molar-refractivity contribution in [1.29, 1.82) is 0 Å². The number of thiophene rings is 1. The monoisotopic (exact) mass is 578 g/mol. The lowest BCUT2D eigenvalue weighted by molar-refractivity contribution is -0.152. The Labute approximate surface area is 240 Å². The predicted molar refractivity (Wildman–Crippen MR) is 154 cm³/mol. The summed E-state index contributed by atoms with van der Waals surface area (Å²) in [4.78, 5) is 43.0. The van der Waals surface area contributed by atoms with Gasteiger partial charge in [0.2, 0.25) is 5.91 Å². The van der Waals surface area contributed by atoms with Crippen molar-refractivity contribution in [2.45, 2.75) is 37.8 Å². The zero-order valence-corrected chi connectivity index (χ0v) is 23.3. The highest BCUT2D eigenvalue weighted by molar-refractivity contribution is 7.17. The molecule has 5 rings (SSSR count). The lowest BCUT2D eigenvalue weighted by Gasteiger charge is -2.53. The Hall–Kier alpha value is -3.75. The van der Waals surface area contributed by atoms with Gasteiger partial charge in [-0.3, -0.25) is 14.4 Å². The standard InChI is InChI=1S/C31H28ClFN2O4S/c32-23-6-3-5-22(17-23)19-34(15-4-9-28(36)37)30(39)31(18-21-10-12-24(33)13-11-21)14-16-35(31)29(38)26-20-40-27-8-2-1-7-25(26)27/h1-3,5-8,10-13,17,20H,4,9,14-16,18-19H2,(H,36,37). The Morgan fingerprint density at radius 1 is 1.02 bits per heavy atom. The number of nitrogens with zero attached hydrogens (tertiary/aromatic N) is 2. The van der Waals surface area contributed by atoms with Crippen LogP contribution in [-0.2, 0) is 22.6 Å². The Morgan fingerprint density at radius 3 is 2.50 bits per heavy atom. The molecule has 2 amide bonds. The molecule has 1 atom stereocenters. The minimum absolute atomic E-state index is 0.0895. The van der Waals surface area contributed by atoms with Gasteiger partial charge in [-0.2, -0.15) is 0 Å². The van der Waals surface area contributed by atoms with Gasteiger partial charge < -0.3 is 14.9 Å². The first-order chi connectivity index (χ1) is 19.3. The molecule has 9 heteroatoms. The number of hydrogen-bond donors (Lipinski definition) is 1. The van der Waals surface area contributed by atoms with Gasteiger partial charge in [0.05, 0.1) is 5.56 Å². The van der Waals surface area contributed by atoms with Gasteiger partial charge >= 0.3 is 5.97 Å². The first kappa shape index (κ1) is 27.8. The van der Waals surface area contributed by atoms with Crippen molar-refractivity contribution in [3.63, 3.8) is 0 Å². The molecule has 0 radical (unpaired) electrons. The van der Waals surface area contributed by atoms with Gasteiger partial charge in [-0.1, -0.05) is 54.1 Å². The molecule has 0 saturated carbocycles. The van der Waals surface area contributed by atoms with E-state index in [2.05, 4.69) is 0 Å². The van der Waals surface area contributed by atoms with E-state index in [9.17, 15) is 23.9 Å². The fourth-order valence-corrected chi connectivity index (χ4v) is 6.47.